The van der Waals surface area contributed by atoms with Crippen LogP contribution >= 0.6 is 0 Å². The molecule has 1 aliphatic heterocycles. The minimum absolute atomic E-state index is 0.172. The molecule has 1 heterocycles. The third-order valence-corrected chi connectivity index (χ3v) is 2.49. The van der Waals surface area contributed by atoms with Gasteiger partial charge in [0.15, 0.2) is 0 Å². The van der Waals surface area contributed by atoms with Crippen molar-refractivity contribution in [2.45, 2.75) is 38.6 Å². The van der Waals surface area contributed by atoms with E-state index in [4.69, 9.17) is 9.47 Å². The van der Waals surface area contributed by atoms with E-state index in [1.807, 2.05) is 6.92 Å². The lowest BCUT2D eigenvalue weighted by Gasteiger charge is -2.23. The predicted molar refractivity (Wildman–Crippen MR) is 57.7 cm³/mol. The zero-order valence-corrected chi connectivity index (χ0v) is 9.46. The molecule has 0 aliphatic carbocycles. The number of hydrogen-bond donors (Lipinski definition) is 1. The van der Waals surface area contributed by atoms with Crippen molar-refractivity contribution in [2.75, 3.05) is 26.4 Å². The summed E-state index contributed by atoms with van der Waals surface area (Å²) in [5.74, 6) is -0.172. The molecule has 15 heavy (non-hydrogen) atoms. The van der Waals surface area contributed by atoms with Gasteiger partial charge in [-0.15, -0.1) is 0 Å². The Morgan fingerprint density at radius 3 is 3.00 bits per heavy atom. The van der Waals surface area contributed by atoms with Gasteiger partial charge in [0, 0.05) is 6.04 Å². The molecule has 1 saturated heterocycles. The SMILES string of the molecule is CCOC(=O)CCOCC1CCCCN1. The molecule has 0 radical (unpaired) electrons. The molecule has 1 atom stereocenters. The highest BCUT2D eigenvalue weighted by molar-refractivity contribution is 5.69. The van der Waals surface area contributed by atoms with Crippen LogP contribution in [0.2, 0.25) is 0 Å². The van der Waals surface area contributed by atoms with Gasteiger partial charge in [-0.05, 0) is 26.3 Å². The molecule has 1 aliphatic rings. The van der Waals surface area contributed by atoms with Crippen LogP contribution in [-0.4, -0.2) is 38.4 Å². The summed E-state index contributed by atoms with van der Waals surface area (Å²) in [6.07, 6.45) is 4.08. The number of hydrogen-bond acceptors (Lipinski definition) is 4. The first kappa shape index (κ1) is 12.5. The first-order chi connectivity index (χ1) is 7.33. The lowest BCUT2D eigenvalue weighted by Crippen LogP contribution is -2.37. The first-order valence-corrected chi connectivity index (χ1v) is 5.79. The Balaban J connectivity index is 1.93. The van der Waals surface area contributed by atoms with Gasteiger partial charge in [-0.3, -0.25) is 4.79 Å². The Hall–Kier alpha value is -0.610. The van der Waals surface area contributed by atoms with Gasteiger partial charge in [0.2, 0.25) is 0 Å². The summed E-state index contributed by atoms with van der Waals surface area (Å²) in [4.78, 5) is 11.0. The highest BCUT2D eigenvalue weighted by Gasteiger charge is 2.12. The van der Waals surface area contributed by atoms with E-state index < -0.39 is 0 Å². The van der Waals surface area contributed by atoms with Gasteiger partial charge in [-0.1, -0.05) is 6.42 Å². The summed E-state index contributed by atoms with van der Waals surface area (Å²) >= 11 is 0. The van der Waals surface area contributed by atoms with Crippen molar-refractivity contribution >= 4 is 5.97 Å². The summed E-state index contributed by atoms with van der Waals surface area (Å²) < 4.78 is 10.2. The maximum atomic E-state index is 11.0. The fraction of sp³-hybridized carbons (Fsp3) is 0.909. The summed E-state index contributed by atoms with van der Waals surface area (Å²) in [6, 6.07) is 0.473. The Morgan fingerprint density at radius 2 is 2.33 bits per heavy atom. The second-order valence-electron chi connectivity index (χ2n) is 3.78. The molecule has 1 N–H and O–H groups in total. The number of nitrogens with one attached hydrogen (secondary N) is 1. The van der Waals surface area contributed by atoms with Crippen LogP contribution in [0.3, 0.4) is 0 Å². The molecule has 1 unspecified atom stereocenters. The minimum Gasteiger partial charge on any atom is -0.466 e. The lowest BCUT2D eigenvalue weighted by atomic mass is 10.1. The third kappa shape index (κ3) is 5.74. The van der Waals surface area contributed by atoms with Gasteiger partial charge >= 0.3 is 5.97 Å². The van der Waals surface area contributed by atoms with E-state index in [9.17, 15) is 4.79 Å². The van der Waals surface area contributed by atoms with Crippen molar-refractivity contribution in [1.29, 1.82) is 0 Å². The Morgan fingerprint density at radius 1 is 1.47 bits per heavy atom. The standard InChI is InChI=1S/C11H21NO3/c1-2-15-11(13)6-8-14-9-10-5-3-4-7-12-10/h10,12H,2-9H2,1H3. The van der Waals surface area contributed by atoms with Crippen LogP contribution in [0.25, 0.3) is 0 Å². The van der Waals surface area contributed by atoms with E-state index in [2.05, 4.69) is 5.32 Å². The van der Waals surface area contributed by atoms with E-state index >= 15 is 0 Å². The monoisotopic (exact) mass is 215 g/mol. The largest absolute Gasteiger partial charge is 0.466 e. The van der Waals surface area contributed by atoms with Gasteiger partial charge in [0.05, 0.1) is 26.2 Å². The fourth-order valence-electron chi connectivity index (χ4n) is 1.68. The highest BCUT2D eigenvalue weighted by Crippen LogP contribution is 2.07. The van der Waals surface area contributed by atoms with Crippen molar-refractivity contribution in [2.24, 2.45) is 0 Å². The minimum atomic E-state index is -0.172. The molecule has 0 saturated carbocycles. The van der Waals surface area contributed by atoms with Crippen molar-refractivity contribution < 1.29 is 14.3 Å². The van der Waals surface area contributed by atoms with Crippen molar-refractivity contribution in [3.05, 3.63) is 0 Å². The summed E-state index contributed by atoms with van der Waals surface area (Å²) in [5, 5.41) is 3.39. The summed E-state index contributed by atoms with van der Waals surface area (Å²) in [6.45, 7) is 4.52. The van der Waals surface area contributed by atoms with Gasteiger partial charge < -0.3 is 14.8 Å². The van der Waals surface area contributed by atoms with Crippen LogP contribution in [0.1, 0.15) is 32.6 Å². The van der Waals surface area contributed by atoms with Crippen LogP contribution in [0, 0.1) is 0 Å². The number of ether oxygens (including phenoxy) is 2. The van der Waals surface area contributed by atoms with Crippen LogP contribution in [-0.2, 0) is 14.3 Å². The Kier molecular flexibility index (Phi) is 6.36. The van der Waals surface area contributed by atoms with E-state index in [0.29, 0.717) is 32.3 Å². The van der Waals surface area contributed by atoms with Gasteiger partial charge in [0.1, 0.15) is 0 Å². The van der Waals surface area contributed by atoms with Gasteiger partial charge in [0.25, 0.3) is 0 Å². The van der Waals surface area contributed by atoms with Gasteiger partial charge in [-0.2, -0.15) is 0 Å². The predicted octanol–water partition coefficient (Wildman–Crippen LogP) is 1.10. The fourth-order valence-corrected chi connectivity index (χ4v) is 1.68. The van der Waals surface area contributed by atoms with Crippen LogP contribution < -0.4 is 5.32 Å². The van der Waals surface area contributed by atoms with Crippen molar-refractivity contribution in [3.63, 3.8) is 0 Å². The quantitative estimate of drug-likeness (QED) is 0.532. The topological polar surface area (TPSA) is 47.6 Å². The zero-order valence-electron chi connectivity index (χ0n) is 9.46. The zero-order chi connectivity index (χ0) is 10.9. The van der Waals surface area contributed by atoms with E-state index in [-0.39, 0.29) is 5.97 Å². The highest BCUT2D eigenvalue weighted by atomic mass is 16.5. The maximum Gasteiger partial charge on any atom is 0.308 e. The number of carbonyl (C=O) groups excluding carboxylic acids is 1. The maximum absolute atomic E-state index is 11.0. The van der Waals surface area contributed by atoms with Crippen molar-refractivity contribution in [3.8, 4) is 0 Å². The molecule has 0 aromatic rings. The third-order valence-electron chi connectivity index (χ3n) is 2.49. The Labute approximate surface area is 91.3 Å². The van der Waals surface area contributed by atoms with Crippen LogP contribution in [0.4, 0.5) is 0 Å². The Bertz CT molecular complexity index is 179. The first-order valence-electron chi connectivity index (χ1n) is 5.79. The molecule has 1 fully saturated rings. The molecule has 88 valence electrons. The van der Waals surface area contributed by atoms with Crippen LogP contribution in [0.15, 0.2) is 0 Å². The van der Waals surface area contributed by atoms with Crippen LogP contribution in [0.5, 0.6) is 0 Å². The molecule has 0 spiro atoms. The summed E-state index contributed by atoms with van der Waals surface area (Å²) in [7, 11) is 0. The number of carbonyl (C=O) groups is 1. The second-order valence-corrected chi connectivity index (χ2v) is 3.78. The normalized spacial score (nSPS) is 21.3. The number of rotatable bonds is 6. The molecular weight excluding hydrogens is 194 g/mol. The van der Waals surface area contributed by atoms with E-state index in [0.717, 1.165) is 6.54 Å². The molecule has 4 nitrogen and oxygen atoms in total. The molecular formula is C11H21NO3. The van der Waals surface area contributed by atoms with E-state index in [1.165, 1.54) is 19.3 Å². The molecule has 0 aromatic carbocycles. The average Bonchev–Trinajstić information content (AvgIpc) is 2.26. The molecule has 0 bridgehead atoms. The van der Waals surface area contributed by atoms with E-state index in [1.54, 1.807) is 0 Å². The number of esters is 1. The van der Waals surface area contributed by atoms with Crippen molar-refractivity contribution in [1.82, 2.24) is 5.32 Å². The molecule has 0 aromatic heterocycles. The second kappa shape index (κ2) is 7.65. The number of piperidine rings is 1. The smallest absolute Gasteiger partial charge is 0.308 e. The molecule has 0 amide bonds. The average molecular weight is 215 g/mol. The molecule has 1 rings (SSSR count). The van der Waals surface area contributed by atoms with Gasteiger partial charge in [-0.25, -0.2) is 0 Å². The molecule has 4 heteroatoms. The summed E-state index contributed by atoms with van der Waals surface area (Å²) in [5.41, 5.74) is 0. The lowest BCUT2D eigenvalue weighted by molar-refractivity contribution is -0.144.